The molecule has 0 aliphatic rings. The number of aryl methyl sites for hydroxylation is 2. The summed E-state index contributed by atoms with van der Waals surface area (Å²) in [5.41, 5.74) is 16.0. The summed E-state index contributed by atoms with van der Waals surface area (Å²) in [6.45, 7) is 8.07. The van der Waals surface area contributed by atoms with Crippen LogP contribution in [0.15, 0.2) is 65.7 Å². The van der Waals surface area contributed by atoms with Gasteiger partial charge in [0.05, 0.1) is 18.5 Å². The lowest BCUT2D eigenvalue weighted by atomic mass is 10.1. The Balaban J connectivity index is 1.47. The molecule has 0 radical (unpaired) electrons. The van der Waals surface area contributed by atoms with Crippen molar-refractivity contribution in [2.24, 2.45) is 0 Å². The Morgan fingerprint density at radius 1 is 0.946 bits per heavy atom. The van der Waals surface area contributed by atoms with Crippen molar-refractivity contribution in [3.8, 4) is 16.9 Å². The van der Waals surface area contributed by atoms with Crippen molar-refractivity contribution in [2.45, 2.75) is 38.5 Å². The molecule has 0 spiro atoms. The fraction of sp³-hybridized carbons (Fsp3) is 0.207. The highest BCUT2D eigenvalue weighted by molar-refractivity contribution is 7.98. The fourth-order valence-corrected chi connectivity index (χ4v) is 5.41. The van der Waals surface area contributed by atoms with Crippen molar-refractivity contribution in [3.05, 3.63) is 88.9 Å². The zero-order valence-electron chi connectivity index (χ0n) is 21.7. The molecule has 37 heavy (non-hydrogen) atoms. The summed E-state index contributed by atoms with van der Waals surface area (Å²) in [7, 11) is 1.66. The summed E-state index contributed by atoms with van der Waals surface area (Å²) in [6.07, 6.45) is 0. The number of rotatable bonds is 7. The summed E-state index contributed by atoms with van der Waals surface area (Å²) in [6, 6.07) is 20.1. The zero-order chi connectivity index (χ0) is 26.1. The van der Waals surface area contributed by atoms with Crippen LogP contribution in [0.2, 0.25) is 0 Å². The number of fused-ring (bicyclic) bond motifs is 1. The van der Waals surface area contributed by atoms with Crippen molar-refractivity contribution in [1.29, 1.82) is 0 Å². The van der Waals surface area contributed by atoms with Crippen LogP contribution in [-0.4, -0.2) is 26.7 Å². The van der Waals surface area contributed by atoms with Gasteiger partial charge in [0, 0.05) is 33.9 Å². The van der Waals surface area contributed by atoms with E-state index < -0.39 is 0 Å². The molecule has 0 amide bonds. The summed E-state index contributed by atoms with van der Waals surface area (Å²) < 4.78 is 7.21. The lowest BCUT2D eigenvalue weighted by Crippen LogP contribution is -2.07. The van der Waals surface area contributed by atoms with E-state index >= 15 is 0 Å². The van der Waals surface area contributed by atoms with E-state index in [0.29, 0.717) is 5.75 Å². The maximum Gasteiger partial charge on any atom is 0.164 e. The van der Waals surface area contributed by atoms with E-state index in [4.69, 9.17) is 25.5 Å². The highest BCUT2D eigenvalue weighted by Crippen LogP contribution is 2.34. The number of anilines is 3. The standard InChI is InChI=1S/C29H30N6OS/c1-17-15-25(35-29(31-17)26(20(4)34-35)21-9-7-6-8-10-21)37-16-24-18(2)27(30)19(3)28(33-24)32-22-11-13-23(36-5)14-12-22/h6-15H,16H2,1-5H3,(H3,30,32,33). The Morgan fingerprint density at radius 3 is 2.38 bits per heavy atom. The van der Waals surface area contributed by atoms with Crippen LogP contribution in [0.1, 0.15) is 28.2 Å². The molecule has 0 aliphatic heterocycles. The SMILES string of the molecule is COc1ccc(Nc2nc(CSc3cc(C)nc4c(-c5ccccc5)c(C)nn34)c(C)c(N)c2C)cc1. The number of ether oxygens (including phenoxy) is 1. The lowest BCUT2D eigenvalue weighted by molar-refractivity contribution is 0.415. The summed E-state index contributed by atoms with van der Waals surface area (Å²) >= 11 is 1.68. The van der Waals surface area contributed by atoms with Gasteiger partial charge in [-0.1, -0.05) is 42.1 Å². The highest BCUT2D eigenvalue weighted by Gasteiger charge is 2.18. The van der Waals surface area contributed by atoms with Crippen LogP contribution in [0.4, 0.5) is 17.2 Å². The maximum atomic E-state index is 6.52. The van der Waals surface area contributed by atoms with Crippen LogP contribution in [-0.2, 0) is 5.75 Å². The maximum absolute atomic E-state index is 6.52. The molecular weight excluding hydrogens is 480 g/mol. The number of nitrogen functional groups attached to an aromatic ring is 1. The lowest BCUT2D eigenvalue weighted by Gasteiger charge is -2.16. The second-order valence-electron chi connectivity index (χ2n) is 9.01. The predicted molar refractivity (Wildman–Crippen MR) is 152 cm³/mol. The van der Waals surface area contributed by atoms with E-state index in [9.17, 15) is 0 Å². The first-order valence-corrected chi connectivity index (χ1v) is 13.1. The number of aromatic nitrogens is 4. The largest absolute Gasteiger partial charge is 0.497 e. The number of nitrogens with zero attached hydrogens (tertiary/aromatic N) is 4. The third kappa shape index (κ3) is 4.84. The molecule has 0 fully saturated rings. The Labute approximate surface area is 221 Å². The van der Waals surface area contributed by atoms with Crippen molar-refractivity contribution in [3.63, 3.8) is 0 Å². The highest BCUT2D eigenvalue weighted by atomic mass is 32.2. The van der Waals surface area contributed by atoms with Gasteiger partial charge in [-0.3, -0.25) is 0 Å². The summed E-state index contributed by atoms with van der Waals surface area (Å²) in [5, 5.41) is 9.28. The van der Waals surface area contributed by atoms with Gasteiger partial charge in [0.25, 0.3) is 0 Å². The minimum atomic E-state index is 0.645. The van der Waals surface area contributed by atoms with E-state index in [1.165, 1.54) is 0 Å². The van der Waals surface area contributed by atoms with E-state index in [2.05, 4.69) is 23.5 Å². The molecule has 2 aromatic carbocycles. The van der Waals surface area contributed by atoms with E-state index in [1.54, 1.807) is 18.9 Å². The molecule has 7 nitrogen and oxygen atoms in total. The molecule has 0 atom stereocenters. The monoisotopic (exact) mass is 510 g/mol. The smallest absolute Gasteiger partial charge is 0.164 e. The summed E-state index contributed by atoms with van der Waals surface area (Å²) in [4.78, 5) is 9.81. The first kappa shape index (κ1) is 24.6. The molecule has 3 aromatic heterocycles. The molecule has 188 valence electrons. The molecule has 0 aliphatic carbocycles. The van der Waals surface area contributed by atoms with Crippen LogP contribution in [0, 0.1) is 27.7 Å². The zero-order valence-corrected chi connectivity index (χ0v) is 22.5. The Bertz CT molecular complexity index is 1580. The molecule has 0 saturated heterocycles. The van der Waals surface area contributed by atoms with Crippen LogP contribution < -0.4 is 15.8 Å². The van der Waals surface area contributed by atoms with Crippen LogP contribution in [0.5, 0.6) is 5.75 Å². The van der Waals surface area contributed by atoms with Crippen molar-refractivity contribution < 1.29 is 4.74 Å². The number of benzene rings is 2. The molecule has 0 saturated carbocycles. The number of thioether (sulfide) groups is 1. The minimum absolute atomic E-state index is 0.645. The molecular formula is C29H30N6OS. The summed E-state index contributed by atoms with van der Waals surface area (Å²) in [5.74, 6) is 2.20. The van der Waals surface area contributed by atoms with E-state index in [-0.39, 0.29) is 0 Å². The molecule has 3 N–H and O–H groups in total. The average Bonchev–Trinajstić information content (AvgIpc) is 3.24. The quantitative estimate of drug-likeness (QED) is 0.187. The minimum Gasteiger partial charge on any atom is -0.497 e. The fourth-order valence-electron chi connectivity index (χ4n) is 4.34. The molecule has 8 heteroatoms. The van der Waals surface area contributed by atoms with Crippen LogP contribution in [0.3, 0.4) is 0 Å². The molecule has 5 aromatic rings. The molecule has 0 bridgehead atoms. The first-order chi connectivity index (χ1) is 17.9. The third-order valence-electron chi connectivity index (χ3n) is 6.47. The number of pyridine rings is 1. The van der Waals surface area contributed by atoms with Crippen molar-refractivity contribution >= 4 is 34.6 Å². The van der Waals surface area contributed by atoms with E-state index in [1.807, 2.05) is 74.7 Å². The average molecular weight is 511 g/mol. The molecule has 3 heterocycles. The van der Waals surface area contributed by atoms with Gasteiger partial charge in [-0.15, -0.1) is 0 Å². The van der Waals surface area contributed by atoms with Crippen LogP contribution >= 0.6 is 11.8 Å². The molecule has 5 rings (SSSR count). The second-order valence-corrected chi connectivity index (χ2v) is 10.0. The first-order valence-electron chi connectivity index (χ1n) is 12.1. The van der Waals surface area contributed by atoms with Gasteiger partial charge < -0.3 is 15.8 Å². The van der Waals surface area contributed by atoms with Crippen molar-refractivity contribution in [1.82, 2.24) is 19.6 Å². The van der Waals surface area contributed by atoms with Gasteiger partial charge in [0.15, 0.2) is 5.65 Å². The molecule has 0 unspecified atom stereocenters. The van der Waals surface area contributed by atoms with Gasteiger partial charge in [-0.2, -0.15) is 5.10 Å². The third-order valence-corrected chi connectivity index (χ3v) is 7.48. The van der Waals surface area contributed by atoms with Gasteiger partial charge in [-0.25, -0.2) is 14.5 Å². The number of nitrogens with two attached hydrogens (primary N) is 1. The number of hydrogen-bond donors (Lipinski definition) is 2. The van der Waals surface area contributed by atoms with Gasteiger partial charge in [0.1, 0.15) is 16.6 Å². The van der Waals surface area contributed by atoms with E-state index in [0.717, 1.165) is 73.0 Å². The second kappa shape index (κ2) is 10.1. The Hall–Kier alpha value is -4.04. The Morgan fingerprint density at radius 2 is 1.68 bits per heavy atom. The number of hydrogen-bond acceptors (Lipinski definition) is 7. The van der Waals surface area contributed by atoms with Gasteiger partial charge in [0.2, 0.25) is 0 Å². The number of methoxy groups -OCH3 is 1. The normalized spacial score (nSPS) is 11.2. The Kier molecular flexibility index (Phi) is 6.76. The van der Waals surface area contributed by atoms with Gasteiger partial charge in [-0.05, 0) is 69.2 Å². The van der Waals surface area contributed by atoms with Crippen LogP contribution in [0.25, 0.3) is 16.8 Å². The number of nitrogens with one attached hydrogen (secondary N) is 1. The van der Waals surface area contributed by atoms with Crippen molar-refractivity contribution in [2.75, 3.05) is 18.2 Å². The predicted octanol–water partition coefficient (Wildman–Crippen LogP) is 6.65. The topological polar surface area (TPSA) is 90.4 Å². The van der Waals surface area contributed by atoms with Gasteiger partial charge >= 0.3 is 0 Å².